The van der Waals surface area contributed by atoms with E-state index in [1.54, 1.807) is 0 Å². The predicted octanol–water partition coefficient (Wildman–Crippen LogP) is 3.53. The van der Waals surface area contributed by atoms with Crippen molar-refractivity contribution in [3.63, 3.8) is 0 Å². The van der Waals surface area contributed by atoms with Gasteiger partial charge in [-0.25, -0.2) is 5.43 Å². The topological polar surface area (TPSA) is 81.9 Å². The molecule has 0 aliphatic rings. The van der Waals surface area contributed by atoms with Gasteiger partial charge < -0.3 is 10.2 Å². The molecule has 0 aliphatic heterocycles. The molecule has 0 aromatic heterocycles. The van der Waals surface area contributed by atoms with Crippen LogP contribution in [0.5, 0.6) is 11.5 Å². The number of hydrogen-bond acceptors (Lipinski definition) is 4. The molecular formula is C15H10ClF3N2O3. The number of para-hydroxylation sites is 1. The van der Waals surface area contributed by atoms with E-state index >= 15 is 0 Å². The van der Waals surface area contributed by atoms with Gasteiger partial charge in [0, 0.05) is 0 Å². The van der Waals surface area contributed by atoms with Crippen molar-refractivity contribution in [2.75, 3.05) is 0 Å². The molecule has 2 aromatic rings. The van der Waals surface area contributed by atoms with Crippen molar-refractivity contribution in [3.05, 3.63) is 58.1 Å². The van der Waals surface area contributed by atoms with Crippen molar-refractivity contribution >= 4 is 23.7 Å². The minimum atomic E-state index is -4.74. The Labute approximate surface area is 139 Å². The van der Waals surface area contributed by atoms with Crippen molar-refractivity contribution in [2.45, 2.75) is 6.18 Å². The number of phenolic OH excluding ortho intramolecular Hbond substituents is 2. The van der Waals surface area contributed by atoms with Crippen molar-refractivity contribution < 1.29 is 28.2 Å². The smallest absolute Gasteiger partial charge is 0.417 e. The summed E-state index contributed by atoms with van der Waals surface area (Å²) in [4.78, 5) is 11.8. The molecule has 0 bridgehead atoms. The van der Waals surface area contributed by atoms with Crippen molar-refractivity contribution in [1.82, 2.24) is 5.43 Å². The minimum Gasteiger partial charge on any atom is -0.507 e. The highest BCUT2D eigenvalue weighted by Gasteiger charge is 2.34. The van der Waals surface area contributed by atoms with Crippen LogP contribution < -0.4 is 5.43 Å². The number of carbonyl (C=O) groups excluding carboxylic acids is 1. The zero-order chi connectivity index (χ0) is 17.9. The first-order valence-corrected chi connectivity index (χ1v) is 6.79. The number of hydrogen-bond donors (Lipinski definition) is 3. The van der Waals surface area contributed by atoms with Crippen LogP contribution in [-0.2, 0) is 6.18 Å². The van der Waals surface area contributed by atoms with E-state index in [2.05, 4.69) is 5.10 Å². The van der Waals surface area contributed by atoms with Gasteiger partial charge in [-0.2, -0.15) is 18.3 Å². The Morgan fingerprint density at radius 1 is 1.17 bits per heavy atom. The van der Waals surface area contributed by atoms with Gasteiger partial charge in [0.25, 0.3) is 5.91 Å². The molecule has 0 atom stereocenters. The first-order valence-electron chi connectivity index (χ1n) is 6.42. The molecule has 0 spiro atoms. The summed E-state index contributed by atoms with van der Waals surface area (Å²) in [6.07, 6.45) is -4.12. The quantitative estimate of drug-likeness (QED) is 0.580. The first-order chi connectivity index (χ1) is 11.2. The van der Waals surface area contributed by atoms with Crippen LogP contribution in [0.1, 0.15) is 21.5 Å². The lowest BCUT2D eigenvalue weighted by atomic mass is 10.1. The van der Waals surface area contributed by atoms with Crippen molar-refractivity contribution in [2.24, 2.45) is 5.10 Å². The van der Waals surface area contributed by atoms with E-state index in [4.69, 9.17) is 11.6 Å². The molecule has 0 fully saturated rings. The summed E-state index contributed by atoms with van der Waals surface area (Å²) in [6.45, 7) is 0. The normalized spacial score (nSPS) is 11.7. The maximum absolute atomic E-state index is 12.9. The highest BCUT2D eigenvalue weighted by Crippen LogP contribution is 2.38. The van der Waals surface area contributed by atoms with Crippen LogP contribution >= 0.6 is 11.6 Å². The SMILES string of the molecule is O=C(N/N=C/c1c(C(F)(F)F)ccc(Cl)c1O)c1ccccc1O. The molecule has 0 saturated heterocycles. The van der Waals surface area contributed by atoms with Gasteiger partial charge in [0.1, 0.15) is 11.5 Å². The number of alkyl halides is 3. The lowest BCUT2D eigenvalue weighted by Gasteiger charge is -2.12. The lowest BCUT2D eigenvalue weighted by molar-refractivity contribution is -0.137. The molecule has 5 nitrogen and oxygen atoms in total. The molecule has 9 heteroatoms. The Morgan fingerprint density at radius 3 is 2.46 bits per heavy atom. The number of halogens is 4. The third-order valence-electron chi connectivity index (χ3n) is 2.98. The minimum absolute atomic E-state index is 0.110. The third kappa shape index (κ3) is 3.77. The second kappa shape index (κ2) is 6.79. The lowest BCUT2D eigenvalue weighted by Crippen LogP contribution is -2.18. The number of rotatable bonds is 3. The maximum Gasteiger partial charge on any atom is 0.417 e. The van der Waals surface area contributed by atoms with Gasteiger partial charge in [-0.15, -0.1) is 0 Å². The van der Waals surface area contributed by atoms with Gasteiger partial charge in [-0.3, -0.25) is 4.79 Å². The number of nitrogens with one attached hydrogen (secondary N) is 1. The Morgan fingerprint density at radius 2 is 1.83 bits per heavy atom. The Balaban J connectivity index is 2.28. The molecular weight excluding hydrogens is 349 g/mol. The number of benzene rings is 2. The van der Waals surface area contributed by atoms with Gasteiger partial charge in [0.15, 0.2) is 0 Å². The molecule has 0 aliphatic carbocycles. The molecule has 2 aromatic carbocycles. The number of aromatic hydroxyl groups is 2. The molecule has 126 valence electrons. The number of phenols is 2. The van der Waals surface area contributed by atoms with E-state index in [-0.39, 0.29) is 16.3 Å². The van der Waals surface area contributed by atoms with E-state index in [1.807, 2.05) is 5.43 Å². The maximum atomic E-state index is 12.9. The predicted molar refractivity (Wildman–Crippen MR) is 81.3 cm³/mol. The number of amides is 1. The second-order valence-electron chi connectivity index (χ2n) is 4.57. The van der Waals surface area contributed by atoms with E-state index < -0.39 is 29.0 Å². The average Bonchev–Trinajstić information content (AvgIpc) is 2.50. The molecule has 1 amide bonds. The fourth-order valence-electron chi connectivity index (χ4n) is 1.84. The fourth-order valence-corrected chi connectivity index (χ4v) is 2.01. The van der Waals surface area contributed by atoms with Crippen LogP contribution in [0.25, 0.3) is 0 Å². The van der Waals surface area contributed by atoms with Crippen molar-refractivity contribution in [3.8, 4) is 11.5 Å². The van der Waals surface area contributed by atoms with E-state index in [0.717, 1.165) is 6.07 Å². The van der Waals surface area contributed by atoms with Gasteiger partial charge in [0.05, 0.1) is 27.9 Å². The average molecular weight is 359 g/mol. The van der Waals surface area contributed by atoms with Gasteiger partial charge in [-0.1, -0.05) is 23.7 Å². The zero-order valence-corrected chi connectivity index (χ0v) is 12.6. The highest BCUT2D eigenvalue weighted by molar-refractivity contribution is 6.32. The highest BCUT2D eigenvalue weighted by atomic mass is 35.5. The largest absolute Gasteiger partial charge is 0.507 e. The van der Waals surface area contributed by atoms with Gasteiger partial charge in [-0.05, 0) is 24.3 Å². The zero-order valence-electron chi connectivity index (χ0n) is 11.8. The van der Waals surface area contributed by atoms with E-state index in [0.29, 0.717) is 12.3 Å². The molecule has 3 N–H and O–H groups in total. The summed E-state index contributed by atoms with van der Waals surface area (Å²) in [5.41, 5.74) is 0.00291. The van der Waals surface area contributed by atoms with Crippen LogP contribution in [0.2, 0.25) is 5.02 Å². The number of hydrazone groups is 1. The number of nitrogens with zero attached hydrogens (tertiary/aromatic N) is 1. The summed E-state index contributed by atoms with van der Waals surface area (Å²) in [6, 6.07) is 7.14. The molecule has 24 heavy (non-hydrogen) atoms. The van der Waals surface area contributed by atoms with Gasteiger partial charge >= 0.3 is 6.18 Å². The summed E-state index contributed by atoms with van der Waals surface area (Å²) >= 11 is 5.59. The molecule has 2 rings (SSSR count). The second-order valence-corrected chi connectivity index (χ2v) is 4.98. The molecule has 0 saturated carbocycles. The molecule has 0 radical (unpaired) electrons. The van der Waals surface area contributed by atoms with Crippen LogP contribution in [0.3, 0.4) is 0 Å². The molecule has 0 unspecified atom stereocenters. The van der Waals surface area contributed by atoms with Crippen molar-refractivity contribution in [1.29, 1.82) is 0 Å². The Bertz CT molecular complexity index is 807. The monoisotopic (exact) mass is 358 g/mol. The Hall–Kier alpha value is -2.74. The van der Waals surface area contributed by atoms with Crippen LogP contribution in [-0.4, -0.2) is 22.3 Å². The summed E-state index contributed by atoms with van der Waals surface area (Å²) in [5.74, 6) is -1.96. The fraction of sp³-hybridized carbons (Fsp3) is 0.0667. The number of carbonyl (C=O) groups is 1. The Kier molecular flexibility index (Phi) is 4.99. The first kappa shape index (κ1) is 17.6. The molecule has 0 heterocycles. The summed E-state index contributed by atoms with van der Waals surface area (Å²) < 4.78 is 38.8. The van der Waals surface area contributed by atoms with Crippen LogP contribution in [0.15, 0.2) is 41.5 Å². The third-order valence-corrected chi connectivity index (χ3v) is 3.29. The summed E-state index contributed by atoms with van der Waals surface area (Å²) in [5, 5.41) is 22.3. The van der Waals surface area contributed by atoms with E-state index in [9.17, 15) is 28.2 Å². The van der Waals surface area contributed by atoms with Crippen LogP contribution in [0, 0.1) is 0 Å². The van der Waals surface area contributed by atoms with E-state index in [1.165, 1.54) is 24.3 Å². The van der Waals surface area contributed by atoms with Gasteiger partial charge in [0.2, 0.25) is 0 Å². The summed E-state index contributed by atoms with van der Waals surface area (Å²) in [7, 11) is 0. The van der Waals surface area contributed by atoms with Crippen LogP contribution in [0.4, 0.5) is 13.2 Å². The standard InChI is InChI=1S/C15H10ClF3N2O3/c16-11-6-5-10(15(17,18)19)9(13(11)23)7-20-21-14(24)8-3-1-2-4-12(8)22/h1-7,22-23H,(H,21,24)/b20-7+.